The second-order valence-electron chi connectivity index (χ2n) is 4.03. The van der Waals surface area contributed by atoms with Gasteiger partial charge in [-0.15, -0.1) is 0 Å². The lowest BCUT2D eigenvalue weighted by Gasteiger charge is -2.04. The first-order valence-corrected chi connectivity index (χ1v) is 5.66. The molecule has 2 nitrogen and oxygen atoms in total. The van der Waals surface area contributed by atoms with Crippen molar-refractivity contribution in [2.45, 2.75) is 25.7 Å². The summed E-state index contributed by atoms with van der Waals surface area (Å²) in [6, 6.07) is 6.41. The lowest BCUT2D eigenvalue weighted by atomic mass is 10.0. The molecule has 0 heterocycles. The molecule has 1 aliphatic rings. The first-order chi connectivity index (χ1) is 7.79. The Bertz CT molecular complexity index is 500. The van der Waals surface area contributed by atoms with E-state index in [0.29, 0.717) is 6.42 Å². The van der Waals surface area contributed by atoms with E-state index in [9.17, 15) is 4.79 Å². The van der Waals surface area contributed by atoms with Gasteiger partial charge in [0.1, 0.15) is 0 Å². The van der Waals surface area contributed by atoms with E-state index in [1.54, 1.807) is 0 Å². The Hall–Kier alpha value is -1.57. The Morgan fingerprint density at radius 3 is 2.75 bits per heavy atom. The summed E-state index contributed by atoms with van der Waals surface area (Å²) < 4.78 is 4.63. The highest BCUT2D eigenvalue weighted by Crippen LogP contribution is 2.01. The van der Waals surface area contributed by atoms with E-state index in [2.05, 4.69) is 35.1 Å². The van der Waals surface area contributed by atoms with Crippen LogP contribution in [0.3, 0.4) is 0 Å². The predicted octanol–water partition coefficient (Wildman–Crippen LogP) is 1.15. The van der Waals surface area contributed by atoms with Gasteiger partial charge in [-0.2, -0.15) is 0 Å². The van der Waals surface area contributed by atoms with Crippen LogP contribution in [-0.2, 0) is 16.0 Å². The molecule has 2 heteroatoms. The van der Waals surface area contributed by atoms with Crippen LogP contribution in [0, 0.1) is 0 Å². The van der Waals surface area contributed by atoms with Crippen molar-refractivity contribution < 1.29 is 9.53 Å². The highest BCUT2D eigenvalue weighted by molar-refractivity contribution is 5.69. The number of carbonyl (C=O) groups is 1. The van der Waals surface area contributed by atoms with Crippen molar-refractivity contribution in [2.75, 3.05) is 7.11 Å². The minimum absolute atomic E-state index is 0.145. The van der Waals surface area contributed by atoms with E-state index in [1.165, 1.54) is 23.1 Å². The monoisotopic (exact) mass is 216 g/mol. The van der Waals surface area contributed by atoms with Crippen LogP contribution >= 0.6 is 0 Å². The Balaban J connectivity index is 2.16. The van der Waals surface area contributed by atoms with Crippen LogP contribution in [-0.4, -0.2) is 13.1 Å². The average Bonchev–Trinajstić information content (AvgIpc) is 2.35. The van der Waals surface area contributed by atoms with Gasteiger partial charge in [0, 0.05) is 6.42 Å². The molecule has 0 aliphatic heterocycles. The average molecular weight is 216 g/mol. The first kappa shape index (κ1) is 10.9. The highest BCUT2D eigenvalue weighted by atomic mass is 16.5. The molecule has 0 spiro atoms. The number of hydrogen-bond acceptors (Lipinski definition) is 2. The number of aryl methyl sites for hydroxylation is 1. The van der Waals surface area contributed by atoms with Gasteiger partial charge in [0.05, 0.1) is 7.11 Å². The fraction of sp³-hybridized carbons (Fsp3) is 0.357. The molecular weight excluding hydrogens is 200 g/mol. The molecule has 0 radical (unpaired) electrons. The van der Waals surface area contributed by atoms with Crippen LogP contribution in [0.4, 0.5) is 0 Å². The Morgan fingerprint density at radius 1 is 1.25 bits per heavy atom. The highest BCUT2D eigenvalue weighted by Gasteiger charge is 2.02. The molecule has 2 rings (SSSR count). The van der Waals surface area contributed by atoms with Gasteiger partial charge in [0.2, 0.25) is 0 Å². The van der Waals surface area contributed by atoms with Gasteiger partial charge in [-0.3, -0.25) is 4.79 Å². The second kappa shape index (κ2) is 4.97. The summed E-state index contributed by atoms with van der Waals surface area (Å²) in [4.78, 5) is 11.0. The number of rotatable bonds is 3. The number of benzene rings is 1. The summed E-state index contributed by atoms with van der Waals surface area (Å²) in [5, 5.41) is 2.61. The standard InChI is InChI=1S/C14H16O2/c1-16-14(15)9-7-11-6-8-12-4-2-3-5-13(12)10-11/h4-6,8,10H,2-3,7,9H2,1H3. The SMILES string of the molecule is COC(=O)CCc1ccc2c(c1)=CCCC=2. The van der Waals surface area contributed by atoms with Crippen molar-refractivity contribution in [2.24, 2.45) is 0 Å². The van der Waals surface area contributed by atoms with Crippen LogP contribution in [0.25, 0.3) is 12.2 Å². The molecule has 0 amide bonds. The van der Waals surface area contributed by atoms with Crippen molar-refractivity contribution in [3.05, 3.63) is 34.2 Å². The molecule has 1 aromatic carbocycles. The maximum atomic E-state index is 11.0. The van der Waals surface area contributed by atoms with Gasteiger partial charge in [0.15, 0.2) is 0 Å². The summed E-state index contributed by atoms with van der Waals surface area (Å²) in [6.07, 6.45) is 7.99. The van der Waals surface area contributed by atoms with E-state index in [1.807, 2.05) is 0 Å². The third-order valence-corrected chi connectivity index (χ3v) is 2.89. The van der Waals surface area contributed by atoms with Crippen molar-refractivity contribution in [1.29, 1.82) is 0 Å². The molecule has 0 aromatic heterocycles. The molecular formula is C14H16O2. The van der Waals surface area contributed by atoms with Crippen LogP contribution < -0.4 is 10.4 Å². The molecule has 0 saturated carbocycles. The fourth-order valence-corrected chi connectivity index (χ4v) is 1.97. The number of carbonyl (C=O) groups excluding carboxylic acids is 1. The summed E-state index contributed by atoms with van der Waals surface area (Å²) in [5.74, 6) is -0.145. The van der Waals surface area contributed by atoms with E-state index < -0.39 is 0 Å². The zero-order valence-corrected chi connectivity index (χ0v) is 9.53. The van der Waals surface area contributed by atoms with E-state index in [0.717, 1.165) is 19.3 Å². The maximum absolute atomic E-state index is 11.0. The van der Waals surface area contributed by atoms with E-state index in [-0.39, 0.29) is 5.97 Å². The largest absolute Gasteiger partial charge is 0.469 e. The molecule has 0 unspecified atom stereocenters. The predicted molar refractivity (Wildman–Crippen MR) is 64.2 cm³/mol. The van der Waals surface area contributed by atoms with Gasteiger partial charge >= 0.3 is 5.97 Å². The third kappa shape index (κ3) is 2.51. The molecule has 0 bridgehead atoms. The van der Waals surface area contributed by atoms with Gasteiger partial charge in [-0.05, 0) is 35.3 Å². The summed E-state index contributed by atoms with van der Waals surface area (Å²) in [7, 11) is 1.43. The van der Waals surface area contributed by atoms with Crippen LogP contribution in [0.2, 0.25) is 0 Å². The molecule has 0 fully saturated rings. The van der Waals surface area contributed by atoms with Crippen LogP contribution in [0.5, 0.6) is 0 Å². The number of ether oxygens (including phenoxy) is 1. The van der Waals surface area contributed by atoms with Gasteiger partial charge in [-0.1, -0.05) is 30.4 Å². The normalized spacial score (nSPS) is 13.3. The summed E-state index contributed by atoms with van der Waals surface area (Å²) in [6.45, 7) is 0. The number of fused-ring (bicyclic) bond motifs is 1. The lowest BCUT2D eigenvalue weighted by molar-refractivity contribution is -0.140. The maximum Gasteiger partial charge on any atom is 0.305 e. The third-order valence-electron chi connectivity index (χ3n) is 2.89. The number of esters is 1. The van der Waals surface area contributed by atoms with Crippen molar-refractivity contribution in [1.82, 2.24) is 0 Å². The molecule has 16 heavy (non-hydrogen) atoms. The Labute approximate surface area is 95.2 Å². The zero-order chi connectivity index (χ0) is 11.4. The number of hydrogen-bond donors (Lipinski definition) is 0. The second-order valence-corrected chi connectivity index (χ2v) is 4.03. The topological polar surface area (TPSA) is 26.3 Å². The molecule has 1 aliphatic carbocycles. The quantitative estimate of drug-likeness (QED) is 0.708. The van der Waals surface area contributed by atoms with Crippen LogP contribution in [0.15, 0.2) is 18.2 Å². The van der Waals surface area contributed by atoms with Gasteiger partial charge in [-0.25, -0.2) is 0 Å². The number of methoxy groups -OCH3 is 1. The van der Waals surface area contributed by atoms with E-state index >= 15 is 0 Å². The van der Waals surface area contributed by atoms with Gasteiger partial charge < -0.3 is 4.74 Å². The molecule has 0 atom stereocenters. The van der Waals surface area contributed by atoms with E-state index in [4.69, 9.17) is 0 Å². The minimum Gasteiger partial charge on any atom is -0.469 e. The molecule has 84 valence electrons. The van der Waals surface area contributed by atoms with Crippen molar-refractivity contribution >= 4 is 18.1 Å². The summed E-state index contributed by atoms with van der Waals surface area (Å²) >= 11 is 0. The first-order valence-electron chi connectivity index (χ1n) is 5.66. The Kier molecular flexibility index (Phi) is 3.40. The smallest absolute Gasteiger partial charge is 0.305 e. The molecule has 0 saturated heterocycles. The van der Waals surface area contributed by atoms with Crippen molar-refractivity contribution in [3.63, 3.8) is 0 Å². The molecule has 1 aromatic rings. The zero-order valence-electron chi connectivity index (χ0n) is 9.53. The van der Waals surface area contributed by atoms with Gasteiger partial charge in [0.25, 0.3) is 0 Å². The minimum atomic E-state index is -0.145. The lowest BCUT2D eigenvalue weighted by Crippen LogP contribution is -2.26. The molecule has 0 N–H and O–H groups in total. The Morgan fingerprint density at radius 2 is 2.00 bits per heavy atom. The fourth-order valence-electron chi connectivity index (χ4n) is 1.97. The summed E-state index contributed by atoms with van der Waals surface area (Å²) in [5.41, 5.74) is 1.20. The van der Waals surface area contributed by atoms with Crippen LogP contribution in [0.1, 0.15) is 24.8 Å². The van der Waals surface area contributed by atoms with Crippen molar-refractivity contribution in [3.8, 4) is 0 Å².